The van der Waals surface area contributed by atoms with Gasteiger partial charge in [0.05, 0.1) is 5.82 Å². The van der Waals surface area contributed by atoms with Gasteiger partial charge in [-0.2, -0.15) is 0 Å². The molecule has 0 aliphatic heterocycles. The average molecular weight is 261 g/mol. The molecular formula is C16H27N3. The van der Waals surface area contributed by atoms with Crippen molar-refractivity contribution < 1.29 is 0 Å². The lowest BCUT2D eigenvalue weighted by atomic mass is 10.1. The zero-order chi connectivity index (χ0) is 14.8. The fourth-order valence-electron chi connectivity index (χ4n) is 1.53. The summed E-state index contributed by atoms with van der Waals surface area (Å²) in [6.07, 6.45) is 6.02. The summed E-state index contributed by atoms with van der Waals surface area (Å²) in [5, 5.41) is 0. The Labute approximate surface area is 117 Å². The zero-order valence-corrected chi connectivity index (χ0v) is 12.5. The lowest BCUT2D eigenvalue weighted by molar-refractivity contribution is 0.920. The van der Waals surface area contributed by atoms with Crippen LogP contribution >= 0.6 is 0 Å². The maximum Gasteiger partial charge on any atom is 0.0936 e. The Hall–Kier alpha value is -1.90. The summed E-state index contributed by atoms with van der Waals surface area (Å²) >= 11 is 0. The van der Waals surface area contributed by atoms with E-state index in [1.807, 2.05) is 26.0 Å². The first-order valence-electron chi connectivity index (χ1n) is 6.61. The molecule has 0 radical (unpaired) electrons. The van der Waals surface area contributed by atoms with E-state index < -0.39 is 0 Å². The Kier molecular flexibility index (Phi) is 8.18. The van der Waals surface area contributed by atoms with E-state index in [4.69, 9.17) is 17.2 Å². The monoisotopic (exact) mass is 261 g/mol. The number of hydrogen-bond donors (Lipinski definition) is 3. The molecule has 0 fully saturated rings. The number of nitrogen functional groups attached to an aromatic ring is 1. The van der Waals surface area contributed by atoms with Gasteiger partial charge in [0.1, 0.15) is 0 Å². The summed E-state index contributed by atoms with van der Waals surface area (Å²) < 4.78 is 0. The van der Waals surface area contributed by atoms with Gasteiger partial charge in [-0.05, 0) is 50.5 Å². The standard InChI is InChI=1S/C10H15N.C6H12N2/c1-3-4-9-5-6-10(11)8(2)7-9;1-3-5(2)4-6(7)8/h5-7H,3-4,11H2,1-2H3;3-4H,7-8H2,1-2H3/b;5-3-. The molecule has 3 heteroatoms. The van der Waals surface area contributed by atoms with Crippen molar-refractivity contribution in [3.8, 4) is 0 Å². The maximum absolute atomic E-state index is 5.68. The molecule has 0 heterocycles. The predicted octanol–water partition coefficient (Wildman–Crippen LogP) is 3.24. The summed E-state index contributed by atoms with van der Waals surface area (Å²) in [6, 6.07) is 6.25. The molecule has 0 amide bonds. The minimum Gasteiger partial charge on any atom is -0.399 e. The topological polar surface area (TPSA) is 78.1 Å². The molecule has 0 aromatic heterocycles. The van der Waals surface area contributed by atoms with E-state index in [9.17, 15) is 0 Å². The molecule has 0 aliphatic rings. The van der Waals surface area contributed by atoms with E-state index in [2.05, 4.69) is 26.0 Å². The second-order valence-corrected chi connectivity index (χ2v) is 4.62. The first-order chi connectivity index (χ1) is 8.90. The Balaban J connectivity index is 0.000000362. The van der Waals surface area contributed by atoms with Crippen molar-refractivity contribution in [2.24, 2.45) is 11.5 Å². The average Bonchev–Trinajstić information content (AvgIpc) is 2.34. The number of benzene rings is 1. The van der Waals surface area contributed by atoms with Crippen LogP contribution in [0, 0.1) is 6.92 Å². The minimum absolute atomic E-state index is 0.362. The fraction of sp³-hybridized carbons (Fsp3) is 0.375. The molecule has 0 aliphatic carbocycles. The van der Waals surface area contributed by atoms with Crippen LogP contribution < -0.4 is 17.2 Å². The minimum atomic E-state index is 0.362. The van der Waals surface area contributed by atoms with Crippen molar-refractivity contribution in [1.82, 2.24) is 0 Å². The van der Waals surface area contributed by atoms with Gasteiger partial charge in [-0.3, -0.25) is 0 Å². The summed E-state index contributed by atoms with van der Waals surface area (Å²) in [4.78, 5) is 0. The summed E-state index contributed by atoms with van der Waals surface area (Å²) in [5.41, 5.74) is 20.6. The Morgan fingerprint density at radius 3 is 2.26 bits per heavy atom. The van der Waals surface area contributed by atoms with Gasteiger partial charge in [-0.15, -0.1) is 0 Å². The molecule has 19 heavy (non-hydrogen) atoms. The molecule has 1 aromatic rings. The number of hydrogen-bond acceptors (Lipinski definition) is 3. The molecule has 0 bridgehead atoms. The summed E-state index contributed by atoms with van der Waals surface area (Å²) in [7, 11) is 0. The highest BCUT2D eigenvalue weighted by atomic mass is 14.8. The van der Waals surface area contributed by atoms with E-state index in [-0.39, 0.29) is 0 Å². The third-order valence-electron chi connectivity index (χ3n) is 2.72. The van der Waals surface area contributed by atoms with Gasteiger partial charge in [-0.25, -0.2) is 0 Å². The van der Waals surface area contributed by atoms with Crippen molar-refractivity contribution in [3.05, 3.63) is 52.9 Å². The molecule has 106 valence electrons. The Bertz CT molecular complexity index is 441. The smallest absolute Gasteiger partial charge is 0.0936 e. The Morgan fingerprint density at radius 2 is 1.89 bits per heavy atom. The van der Waals surface area contributed by atoms with Gasteiger partial charge >= 0.3 is 0 Å². The van der Waals surface area contributed by atoms with E-state index >= 15 is 0 Å². The van der Waals surface area contributed by atoms with Crippen LogP contribution in [0.5, 0.6) is 0 Å². The number of anilines is 1. The van der Waals surface area contributed by atoms with Crippen molar-refractivity contribution >= 4 is 5.69 Å². The van der Waals surface area contributed by atoms with Gasteiger partial charge in [0.15, 0.2) is 0 Å². The van der Waals surface area contributed by atoms with Crippen molar-refractivity contribution in [2.45, 2.75) is 40.5 Å². The highest BCUT2D eigenvalue weighted by Crippen LogP contribution is 2.13. The number of aryl methyl sites for hydroxylation is 2. The first kappa shape index (κ1) is 17.1. The van der Waals surface area contributed by atoms with E-state index in [1.165, 1.54) is 17.5 Å². The van der Waals surface area contributed by atoms with E-state index in [1.54, 1.807) is 6.08 Å². The maximum atomic E-state index is 5.68. The number of rotatable bonds is 3. The number of allylic oxidation sites excluding steroid dienone is 3. The van der Waals surface area contributed by atoms with Gasteiger partial charge in [0.25, 0.3) is 0 Å². The van der Waals surface area contributed by atoms with Crippen LogP contribution in [0.1, 0.15) is 38.3 Å². The Morgan fingerprint density at radius 1 is 1.26 bits per heavy atom. The molecule has 0 unspecified atom stereocenters. The van der Waals surface area contributed by atoms with Crippen LogP contribution in [0.2, 0.25) is 0 Å². The van der Waals surface area contributed by atoms with E-state index in [0.717, 1.165) is 17.7 Å². The van der Waals surface area contributed by atoms with Crippen LogP contribution in [-0.2, 0) is 6.42 Å². The normalized spacial score (nSPS) is 10.4. The summed E-state index contributed by atoms with van der Waals surface area (Å²) in [6.45, 7) is 8.12. The molecule has 3 nitrogen and oxygen atoms in total. The fourth-order valence-corrected chi connectivity index (χ4v) is 1.53. The third kappa shape index (κ3) is 7.92. The summed E-state index contributed by atoms with van der Waals surface area (Å²) in [5.74, 6) is 0.362. The molecule has 0 saturated carbocycles. The third-order valence-corrected chi connectivity index (χ3v) is 2.72. The molecule has 0 atom stereocenters. The van der Waals surface area contributed by atoms with Gasteiger partial charge in [-0.1, -0.05) is 37.1 Å². The van der Waals surface area contributed by atoms with Crippen molar-refractivity contribution in [2.75, 3.05) is 5.73 Å². The predicted molar refractivity (Wildman–Crippen MR) is 85.5 cm³/mol. The molecule has 6 N–H and O–H groups in total. The highest BCUT2D eigenvalue weighted by molar-refractivity contribution is 5.47. The first-order valence-corrected chi connectivity index (χ1v) is 6.61. The van der Waals surface area contributed by atoms with Crippen molar-refractivity contribution in [3.63, 3.8) is 0 Å². The molecule has 0 saturated heterocycles. The van der Waals surface area contributed by atoms with E-state index in [0.29, 0.717) is 5.82 Å². The van der Waals surface area contributed by atoms with Crippen LogP contribution in [0.25, 0.3) is 0 Å². The zero-order valence-electron chi connectivity index (χ0n) is 12.5. The molecular weight excluding hydrogens is 234 g/mol. The molecule has 0 spiro atoms. The van der Waals surface area contributed by atoms with Crippen LogP contribution in [0.4, 0.5) is 5.69 Å². The van der Waals surface area contributed by atoms with Gasteiger partial charge in [0.2, 0.25) is 0 Å². The van der Waals surface area contributed by atoms with Gasteiger partial charge in [0, 0.05) is 5.69 Å². The van der Waals surface area contributed by atoms with Gasteiger partial charge < -0.3 is 17.2 Å². The lowest BCUT2D eigenvalue weighted by Crippen LogP contribution is -2.07. The van der Waals surface area contributed by atoms with Crippen LogP contribution in [0.15, 0.2) is 41.7 Å². The highest BCUT2D eigenvalue weighted by Gasteiger charge is 1.94. The number of nitrogens with two attached hydrogens (primary N) is 3. The van der Waals surface area contributed by atoms with Crippen LogP contribution in [-0.4, -0.2) is 0 Å². The molecule has 1 aromatic carbocycles. The SMILES string of the molecule is C/C=C(/C)C=C(N)N.CCCc1ccc(N)c(C)c1. The largest absolute Gasteiger partial charge is 0.399 e. The quantitative estimate of drug-likeness (QED) is 0.577. The molecule has 1 rings (SSSR count). The van der Waals surface area contributed by atoms with Crippen molar-refractivity contribution in [1.29, 1.82) is 0 Å². The lowest BCUT2D eigenvalue weighted by Gasteiger charge is -2.02. The second kappa shape index (κ2) is 9.09. The second-order valence-electron chi connectivity index (χ2n) is 4.62. The van der Waals surface area contributed by atoms with Crippen LogP contribution in [0.3, 0.4) is 0 Å².